The third kappa shape index (κ3) is 3.65. The predicted octanol–water partition coefficient (Wildman–Crippen LogP) is 1.62. The Morgan fingerprint density at radius 3 is 2.50 bits per heavy atom. The first-order valence-electron chi connectivity index (χ1n) is 6.25. The van der Waals surface area contributed by atoms with Gasteiger partial charge in [0, 0.05) is 45.0 Å². The van der Waals surface area contributed by atoms with Gasteiger partial charge in [0.15, 0.2) is 11.6 Å². The van der Waals surface area contributed by atoms with Crippen molar-refractivity contribution in [3.63, 3.8) is 0 Å². The fraction of sp³-hybridized carbons (Fsp3) is 0.538. The standard InChI is InChI=1S/C13H19F2N3/c1-17-6-8-18(9-7-17)5-4-16-11-2-3-12(14)13(15)10-11/h2-3,10,16H,4-9H2,1H3. The van der Waals surface area contributed by atoms with Crippen molar-refractivity contribution in [1.29, 1.82) is 0 Å². The number of nitrogens with one attached hydrogen (secondary N) is 1. The topological polar surface area (TPSA) is 18.5 Å². The van der Waals surface area contributed by atoms with E-state index in [0.717, 1.165) is 45.3 Å². The molecule has 0 atom stereocenters. The zero-order valence-corrected chi connectivity index (χ0v) is 10.6. The summed E-state index contributed by atoms with van der Waals surface area (Å²) in [6.45, 7) is 5.98. The molecule has 1 heterocycles. The monoisotopic (exact) mass is 255 g/mol. The summed E-state index contributed by atoms with van der Waals surface area (Å²) in [4.78, 5) is 4.67. The van der Waals surface area contributed by atoms with Gasteiger partial charge in [0.25, 0.3) is 0 Å². The third-order valence-corrected chi connectivity index (χ3v) is 3.27. The number of piperazine rings is 1. The zero-order valence-electron chi connectivity index (χ0n) is 10.6. The molecule has 0 spiro atoms. The molecule has 18 heavy (non-hydrogen) atoms. The van der Waals surface area contributed by atoms with E-state index in [-0.39, 0.29) is 0 Å². The van der Waals surface area contributed by atoms with Gasteiger partial charge in [-0.25, -0.2) is 8.78 Å². The maximum atomic E-state index is 13.0. The van der Waals surface area contributed by atoms with Gasteiger partial charge in [0.05, 0.1) is 0 Å². The molecule has 3 nitrogen and oxygen atoms in total. The Bertz CT molecular complexity index is 390. The predicted molar refractivity (Wildman–Crippen MR) is 68.8 cm³/mol. The van der Waals surface area contributed by atoms with E-state index in [1.54, 1.807) is 6.07 Å². The second-order valence-corrected chi connectivity index (χ2v) is 4.70. The minimum Gasteiger partial charge on any atom is -0.384 e. The van der Waals surface area contributed by atoms with Crippen LogP contribution in [0.3, 0.4) is 0 Å². The van der Waals surface area contributed by atoms with Crippen LogP contribution in [0.1, 0.15) is 0 Å². The van der Waals surface area contributed by atoms with E-state index in [4.69, 9.17) is 0 Å². The van der Waals surface area contributed by atoms with Crippen LogP contribution in [-0.4, -0.2) is 56.1 Å². The molecule has 0 amide bonds. The van der Waals surface area contributed by atoms with E-state index in [0.29, 0.717) is 5.69 Å². The second kappa shape index (κ2) is 6.11. The highest BCUT2D eigenvalue weighted by atomic mass is 19.2. The number of benzene rings is 1. The van der Waals surface area contributed by atoms with Crippen molar-refractivity contribution in [2.24, 2.45) is 0 Å². The normalized spacial score (nSPS) is 17.9. The summed E-state index contributed by atoms with van der Waals surface area (Å²) in [5.41, 5.74) is 0.628. The number of hydrogen-bond acceptors (Lipinski definition) is 3. The molecule has 0 saturated carbocycles. The lowest BCUT2D eigenvalue weighted by atomic mass is 10.3. The van der Waals surface area contributed by atoms with Crippen LogP contribution in [0, 0.1) is 11.6 Å². The van der Waals surface area contributed by atoms with E-state index in [1.807, 2.05) is 0 Å². The van der Waals surface area contributed by atoms with Crippen LogP contribution in [0.5, 0.6) is 0 Å². The molecule has 1 aromatic rings. The molecule has 1 fully saturated rings. The largest absolute Gasteiger partial charge is 0.384 e. The second-order valence-electron chi connectivity index (χ2n) is 4.70. The molecule has 0 unspecified atom stereocenters. The molecule has 1 N–H and O–H groups in total. The summed E-state index contributed by atoms with van der Waals surface area (Å²) in [5, 5.41) is 3.11. The minimum atomic E-state index is -0.806. The highest BCUT2D eigenvalue weighted by Crippen LogP contribution is 2.12. The highest BCUT2D eigenvalue weighted by molar-refractivity contribution is 5.43. The Labute approximate surface area is 106 Å². The van der Waals surface area contributed by atoms with Gasteiger partial charge in [-0.2, -0.15) is 0 Å². The fourth-order valence-corrected chi connectivity index (χ4v) is 2.04. The van der Waals surface area contributed by atoms with Crippen LogP contribution < -0.4 is 5.32 Å². The molecule has 0 aliphatic carbocycles. The van der Waals surface area contributed by atoms with Crippen LogP contribution in [-0.2, 0) is 0 Å². The smallest absolute Gasteiger partial charge is 0.160 e. The van der Waals surface area contributed by atoms with Crippen LogP contribution in [0.2, 0.25) is 0 Å². The lowest BCUT2D eigenvalue weighted by molar-refractivity contribution is 0.158. The van der Waals surface area contributed by atoms with Gasteiger partial charge in [-0.1, -0.05) is 0 Å². The molecule has 2 rings (SSSR count). The van der Waals surface area contributed by atoms with Gasteiger partial charge in [-0.05, 0) is 25.2 Å². The van der Waals surface area contributed by atoms with Crippen LogP contribution in [0.15, 0.2) is 18.2 Å². The maximum absolute atomic E-state index is 13.0. The SMILES string of the molecule is CN1CCN(CCNc2ccc(F)c(F)c2)CC1. The van der Waals surface area contributed by atoms with Crippen molar-refractivity contribution in [3.05, 3.63) is 29.8 Å². The summed E-state index contributed by atoms with van der Waals surface area (Å²) in [6, 6.07) is 3.90. The van der Waals surface area contributed by atoms with E-state index in [9.17, 15) is 8.78 Å². The Morgan fingerprint density at radius 1 is 1.11 bits per heavy atom. The molecule has 1 saturated heterocycles. The molecule has 5 heteroatoms. The summed E-state index contributed by atoms with van der Waals surface area (Å²) in [7, 11) is 2.12. The van der Waals surface area contributed by atoms with Gasteiger partial charge in [0.1, 0.15) is 0 Å². The van der Waals surface area contributed by atoms with Crippen molar-refractivity contribution >= 4 is 5.69 Å². The van der Waals surface area contributed by atoms with Gasteiger partial charge in [-0.3, -0.25) is 4.90 Å². The molecule has 1 aliphatic rings. The van der Waals surface area contributed by atoms with Crippen molar-refractivity contribution in [2.45, 2.75) is 0 Å². The minimum absolute atomic E-state index is 0.628. The van der Waals surface area contributed by atoms with Gasteiger partial charge >= 0.3 is 0 Å². The van der Waals surface area contributed by atoms with Gasteiger partial charge in [-0.15, -0.1) is 0 Å². The molecule has 0 bridgehead atoms. The average Bonchev–Trinajstić information content (AvgIpc) is 2.36. The van der Waals surface area contributed by atoms with Crippen LogP contribution in [0.25, 0.3) is 0 Å². The first-order chi connectivity index (χ1) is 8.65. The molecule has 1 aliphatic heterocycles. The van der Waals surface area contributed by atoms with Crippen molar-refractivity contribution in [2.75, 3.05) is 51.6 Å². The number of rotatable bonds is 4. The molecule has 0 radical (unpaired) electrons. The number of hydrogen-bond donors (Lipinski definition) is 1. The lowest BCUT2D eigenvalue weighted by Gasteiger charge is -2.32. The summed E-state index contributed by atoms with van der Waals surface area (Å²) >= 11 is 0. The molecule has 1 aromatic carbocycles. The fourth-order valence-electron chi connectivity index (χ4n) is 2.04. The van der Waals surface area contributed by atoms with E-state index >= 15 is 0 Å². The average molecular weight is 255 g/mol. The zero-order chi connectivity index (χ0) is 13.0. The Hall–Kier alpha value is -1.20. The van der Waals surface area contributed by atoms with E-state index in [1.165, 1.54) is 6.07 Å². The summed E-state index contributed by atoms with van der Waals surface area (Å²) in [6.07, 6.45) is 0. The number of likely N-dealkylation sites (N-methyl/N-ethyl adjacent to an activating group) is 1. The van der Waals surface area contributed by atoms with Crippen LogP contribution in [0.4, 0.5) is 14.5 Å². The quantitative estimate of drug-likeness (QED) is 0.882. The number of halogens is 2. The van der Waals surface area contributed by atoms with Gasteiger partial charge < -0.3 is 10.2 Å². The van der Waals surface area contributed by atoms with E-state index < -0.39 is 11.6 Å². The van der Waals surface area contributed by atoms with Crippen molar-refractivity contribution in [1.82, 2.24) is 9.80 Å². The Morgan fingerprint density at radius 2 is 1.83 bits per heavy atom. The Balaban J connectivity index is 1.73. The number of nitrogens with zero attached hydrogens (tertiary/aromatic N) is 2. The Kier molecular flexibility index (Phi) is 4.49. The number of anilines is 1. The molecular formula is C13H19F2N3. The van der Waals surface area contributed by atoms with Crippen molar-refractivity contribution < 1.29 is 8.78 Å². The van der Waals surface area contributed by atoms with Gasteiger partial charge in [0.2, 0.25) is 0 Å². The van der Waals surface area contributed by atoms with E-state index in [2.05, 4.69) is 22.2 Å². The highest BCUT2D eigenvalue weighted by Gasteiger charge is 2.12. The third-order valence-electron chi connectivity index (χ3n) is 3.27. The molecular weight excluding hydrogens is 236 g/mol. The van der Waals surface area contributed by atoms with Crippen LogP contribution >= 0.6 is 0 Å². The summed E-state index contributed by atoms with van der Waals surface area (Å²) < 4.78 is 25.7. The maximum Gasteiger partial charge on any atom is 0.160 e. The first kappa shape index (κ1) is 13.2. The molecule has 100 valence electrons. The van der Waals surface area contributed by atoms with Crippen molar-refractivity contribution in [3.8, 4) is 0 Å². The lowest BCUT2D eigenvalue weighted by Crippen LogP contribution is -2.45. The molecule has 0 aromatic heterocycles. The summed E-state index contributed by atoms with van der Waals surface area (Å²) in [5.74, 6) is -1.61. The first-order valence-corrected chi connectivity index (χ1v) is 6.25.